The number of hydrogen-bond acceptors (Lipinski definition) is 7. The number of ether oxygens (including phenoxy) is 3. The molecule has 1 saturated heterocycles. The highest BCUT2D eigenvalue weighted by atomic mass is 19.1. The average molecular weight is 432 g/mol. The molecule has 0 unspecified atom stereocenters. The third-order valence-electron chi connectivity index (χ3n) is 6.38. The Morgan fingerprint density at radius 3 is 2.84 bits per heavy atom. The SMILES string of the molecule is NC1=N[C@@]2(CO1)c1cc(-c3cccnc3F)ccc1Oc1ncc([C@@H]3CCCOC3)cc12. The number of hydrogen-bond donors (Lipinski definition) is 1. The van der Waals surface area contributed by atoms with Crippen LogP contribution in [-0.4, -0.2) is 35.8 Å². The number of fused-ring (bicyclic) bond motifs is 4. The van der Waals surface area contributed by atoms with Crippen molar-refractivity contribution in [3.63, 3.8) is 0 Å². The molecule has 0 saturated carbocycles. The Kier molecular flexibility index (Phi) is 4.36. The van der Waals surface area contributed by atoms with Crippen LogP contribution in [-0.2, 0) is 15.0 Å². The van der Waals surface area contributed by atoms with Crippen LogP contribution in [0.2, 0.25) is 0 Å². The summed E-state index contributed by atoms with van der Waals surface area (Å²) in [7, 11) is 0. The van der Waals surface area contributed by atoms with Crippen LogP contribution in [0.5, 0.6) is 11.6 Å². The molecular weight excluding hydrogens is 411 g/mol. The lowest BCUT2D eigenvalue weighted by Crippen LogP contribution is -2.32. The summed E-state index contributed by atoms with van der Waals surface area (Å²) in [6, 6.07) is 11.1. The summed E-state index contributed by atoms with van der Waals surface area (Å²) in [5.74, 6) is 0.791. The third kappa shape index (κ3) is 2.94. The van der Waals surface area contributed by atoms with Crippen molar-refractivity contribution in [1.82, 2.24) is 9.97 Å². The monoisotopic (exact) mass is 432 g/mol. The molecule has 3 aliphatic rings. The lowest BCUT2D eigenvalue weighted by atomic mass is 9.80. The third-order valence-corrected chi connectivity index (χ3v) is 6.38. The number of pyridine rings is 2. The van der Waals surface area contributed by atoms with Crippen LogP contribution in [0.4, 0.5) is 4.39 Å². The van der Waals surface area contributed by atoms with Crippen LogP contribution >= 0.6 is 0 Å². The minimum atomic E-state index is -0.916. The van der Waals surface area contributed by atoms with E-state index in [1.165, 1.54) is 6.20 Å². The number of aromatic nitrogens is 2. The van der Waals surface area contributed by atoms with E-state index in [1.54, 1.807) is 24.3 Å². The standard InChI is InChI=1S/C24H21FN4O3/c25-21-17(4-1-7-27-21)14-5-6-20-18(9-14)24(13-31-23(26)29-24)19-10-16(11-28-22(19)32-20)15-3-2-8-30-12-15/h1,4-7,9-11,15H,2-3,8,12-13H2,(H2,26,29)/t15-,24+/m1/s1. The number of nitrogens with two attached hydrogens (primary N) is 1. The summed E-state index contributed by atoms with van der Waals surface area (Å²) in [6.07, 6.45) is 5.33. The lowest BCUT2D eigenvalue weighted by molar-refractivity contribution is 0.0802. The molecule has 8 heteroatoms. The van der Waals surface area contributed by atoms with Gasteiger partial charge in [0.15, 0.2) is 5.54 Å². The fourth-order valence-electron chi connectivity index (χ4n) is 4.74. The zero-order valence-electron chi connectivity index (χ0n) is 17.3. The molecule has 1 aromatic carbocycles. The molecule has 0 amide bonds. The van der Waals surface area contributed by atoms with Gasteiger partial charge < -0.3 is 19.9 Å². The van der Waals surface area contributed by atoms with Crippen LogP contribution in [0.25, 0.3) is 11.1 Å². The van der Waals surface area contributed by atoms with E-state index in [1.807, 2.05) is 12.3 Å². The topological polar surface area (TPSA) is 91.9 Å². The van der Waals surface area contributed by atoms with Crippen LogP contribution < -0.4 is 10.5 Å². The highest BCUT2D eigenvalue weighted by Crippen LogP contribution is 2.51. The highest BCUT2D eigenvalue weighted by Gasteiger charge is 2.48. The van der Waals surface area contributed by atoms with Gasteiger partial charge in [0.25, 0.3) is 6.02 Å². The highest BCUT2D eigenvalue weighted by molar-refractivity contribution is 5.77. The van der Waals surface area contributed by atoms with E-state index >= 15 is 0 Å². The molecule has 32 heavy (non-hydrogen) atoms. The molecule has 0 aliphatic carbocycles. The molecule has 3 aliphatic heterocycles. The molecule has 162 valence electrons. The number of aliphatic imine (C=N–C) groups is 1. The molecule has 3 aromatic rings. The van der Waals surface area contributed by atoms with E-state index in [2.05, 4.69) is 16.0 Å². The summed E-state index contributed by atoms with van der Waals surface area (Å²) in [4.78, 5) is 13.1. The summed E-state index contributed by atoms with van der Waals surface area (Å²) >= 11 is 0. The predicted molar refractivity (Wildman–Crippen MR) is 115 cm³/mol. The summed E-state index contributed by atoms with van der Waals surface area (Å²) in [5, 5.41) is 0. The van der Waals surface area contributed by atoms with Gasteiger partial charge in [-0.1, -0.05) is 6.07 Å². The quantitative estimate of drug-likeness (QED) is 0.618. The Balaban J connectivity index is 1.51. The Bertz CT molecular complexity index is 1240. The molecule has 2 N–H and O–H groups in total. The first-order valence-corrected chi connectivity index (χ1v) is 10.6. The number of amidine groups is 1. The zero-order valence-corrected chi connectivity index (χ0v) is 17.3. The smallest absolute Gasteiger partial charge is 0.283 e. The maximum absolute atomic E-state index is 14.4. The number of benzene rings is 1. The van der Waals surface area contributed by atoms with Gasteiger partial charge in [0.1, 0.15) is 12.4 Å². The Hall–Kier alpha value is -3.52. The molecule has 0 bridgehead atoms. The molecule has 2 atom stereocenters. The Morgan fingerprint density at radius 2 is 2.06 bits per heavy atom. The second kappa shape index (κ2) is 7.27. The fraction of sp³-hybridized carbons (Fsp3) is 0.292. The normalized spacial score (nSPS) is 23.7. The minimum absolute atomic E-state index is 0.105. The van der Waals surface area contributed by atoms with E-state index in [4.69, 9.17) is 24.9 Å². The lowest BCUT2D eigenvalue weighted by Gasteiger charge is -2.34. The Labute approximate surface area is 184 Å². The van der Waals surface area contributed by atoms with Crippen LogP contribution in [0.3, 0.4) is 0 Å². The van der Waals surface area contributed by atoms with Gasteiger partial charge in [-0.15, -0.1) is 0 Å². The van der Waals surface area contributed by atoms with E-state index in [-0.39, 0.29) is 18.5 Å². The van der Waals surface area contributed by atoms with E-state index in [0.29, 0.717) is 29.4 Å². The first-order valence-electron chi connectivity index (χ1n) is 10.6. The van der Waals surface area contributed by atoms with Crippen LogP contribution in [0.15, 0.2) is 53.8 Å². The molecule has 1 fully saturated rings. The summed E-state index contributed by atoms with van der Waals surface area (Å²) in [6.45, 7) is 1.67. The van der Waals surface area contributed by atoms with Crippen molar-refractivity contribution < 1.29 is 18.6 Å². The average Bonchev–Trinajstić information content (AvgIpc) is 3.22. The van der Waals surface area contributed by atoms with Crippen molar-refractivity contribution in [2.75, 3.05) is 19.8 Å². The largest absolute Gasteiger partial charge is 0.462 e. The molecule has 6 rings (SSSR count). The number of nitrogens with zero attached hydrogens (tertiary/aromatic N) is 3. The first kappa shape index (κ1) is 19.2. The minimum Gasteiger partial charge on any atom is -0.462 e. The first-order chi connectivity index (χ1) is 15.6. The molecule has 1 spiro atoms. The molecule has 5 heterocycles. The van der Waals surface area contributed by atoms with Gasteiger partial charge in [-0.3, -0.25) is 0 Å². The molecular formula is C24H21FN4O3. The van der Waals surface area contributed by atoms with Gasteiger partial charge in [0.2, 0.25) is 11.8 Å². The Morgan fingerprint density at radius 1 is 1.12 bits per heavy atom. The van der Waals surface area contributed by atoms with E-state index < -0.39 is 11.5 Å². The van der Waals surface area contributed by atoms with Crippen molar-refractivity contribution in [3.8, 4) is 22.8 Å². The van der Waals surface area contributed by atoms with E-state index in [9.17, 15) is 4.39 Å². The van der Waals surface area contributed by atoms with Crippen molar-refractivity contribution >= 4 is 6.02 Å². The molecule has 0 radical (unpaired) electrons. The maximum atomic E-state index is 14.4. The second-order valence-corrected chi connectivity index (χ2v) is 8.29. The number of halogens is 1. The van der Waals surface area contributed by atoms with Gasteiger partial charge >= 0.3 is 0 Å². The van der Waals surface area contributed by atoms with Gasteiger partial charge in [0.05, 0.1) is 12.2 Å². The van der Waals surface area contributed by atoms with Crippen molar-refractivity contribution in [1.29, 1.82) is 0 Å². The van der Waals surface area contributed by atoms with E-state index in [0.717, 1.165) is 36.1 Å². The van der Waals surface area contributed by atoms with Crippen molar-refractivity contribution in [3.05, 3.63) is 71.4 Å². The van der Waals surface area contributed by atoms with Crippen LogP contribution in [0, 0.1) is 5.95 Å². The number of rotatable bonds is 2. The van der Waals surface area contributed by atoms with Gasteiger partial charge in [-0.25, -0.2) is 15.0 Å². The second-order valence-electron chi connectivity index (χ2n) is 8.29. The predicted octanol–water partition coefficient (Wildman–Crippen LogP) is 3.87. The fourth-order valence-corrected chi connectivity index (χ4v) is 4.74. The molecule has 2 aromatic heterocycles. The van der Waals surface area contributed by atoms with Gasteiger partial charge in [-0.05, 0) is 54.3 Å². The summed E-state index contributed by atoms with van der Waals surface area (Å²) < 4.78 is 31.9. The molecule has 7 nitrogen and oxygen atoms in total. The van der Waals surface area contributed by atoms with Crippen molar-refractivity contribution in [2.24, 2.45) is 10.7 Å². The van der Waals surface area contributed by atoms with Gasteiger partial charge in [0, 0.05) is 36.0 Å². The maximum Gasteiger partial charge on any atom is 0.283 e. The van der Waals surface area contributed by atoms with Crippen molar-refractivity contribution in [2.45, 2.75) is 24.3 Å². The summed E-state index contributed by atoms with van der Waals surface area (Å²) in [5.41, 5.74) is 8.76. The zero-order chi connectivity index (χ0) is 21.7. The van der Waals surface area contributed by atoms with Crippen LogP contribution in [0.1, 0.15) is 35.4 Å². The van der Waals surface area contributed by atoms with Gasteiger partial charge in [-0.2, -0.15) is 4.39 Å².